The van der Waals surface area contributed by atoms with E-state index in [0.717, 1.165) is 20.2 Å². The summed E-state index contributed by atoms with van der Waals surface area (Å²) in [4.78, 5) is 16.7. The van der Waals surface area contributed by atoms with Crippen LogP contribution in [-0.2, 0) is 11.2 Å². The highest BCUT2D eigenvalue weighted by atomic mass is 35.5. The van der Waals surface area contributed by atoms with Gasteiger partial charge in [-0.05, 0) is 43.9 Å². The molecule has 1 unspecified atom stereocenters. The molecule has 0 saturated heterocycles. The Bertz CT molecular complexity index is 664. The van der Waals surface area contributed by atoms with Gasteiger partial charge in [0.05, 0.1) is 15.2 Å². The fourth-order valence-corrected chi connectivity index (χ4v) is 4.42. The maximum Gasteiger partial charge on any atom is 0.220 e. The van der Waals surface area contributed by atoms with Gasteiger partial charge in [-0.1, -0.05) is 24.4 Å². The molecule has 0 bridgehead atoms. The number of thiazole rings is 1. The van der Waals surface area contributed by atoms with Crippen LogP contribution >= 0.6 is 22.9 Å². The summed E-state index contributed by atoms with van der Waals surface area (Å²) in [5, 5.41) is 4.88. The van der Waals surface area contributed by atoms with E-state index in [2.05, 4.69) is 17.2 Å². The van der Waals surface area contributed by atoms with Gasteiger partial charge >= 0.3 is 0 Å². The number of carbonyl (C=O) groups is 1. The third-order valence-electron chi connectivity index (χ3n) is 4.46. The van der Waals surface area contributed by atoms with Crippen molar-refractivity contribution in [3.8, 4) is 0 Å². The molecule has 1 N–H and O–H groups in total. The number of benzene rings is 1. The molecule has 1 amide bonds. The van der Waals surface area contributed by atoms with Crippen molar-refractivity contribution in [1.29, 1.82) is 0 Å². The molecule has 3 rings (SSSR count). The first kappa shape index (κ1) is 15.8. The van der Waals surface area contributed by atoms with E-state index < -0.39 is 0 Å². The predicted octanol–water partition coefficient (Wildman–Crippen LogP) is 4.58. The van der Waals surface area contributed by atoms with Gasteiger partial charge in [0.1, 0.15) is 0 Å². The molecule has 1 atom stereocenters. The third-order valence-corrected chi connectivity index (χ3v) is 5.77. The van der Waals surface area contributed by atoms with Gasteiger partial charge in [0, 0.05) is 23.9 Å². The van der Waals surface area contributed by atoms with Crippen molar-refractivity contribution in [3.63, 3.8) is 0 Å². The summed E-state index contributed by atoms with van der Waals surface area (Å²) >= 11 is 7.61. The lowest BCUT2D eigenvalue weighted by atomic mass is 10.00. The van der Waals surface area contributed by atoms with Crippen LogP contribution in [0.25, 0.3) is 10.2 Å². The minimum Gasteiger partial charge on any atom is -0.353 e. The van der Waals surface area contributed by atoms with Gasteiger partial charge in [-0.2, -0.15) is 0 Å². The lowest BCUT2D eigenvalue weighted by Gasteiger charge is -2.20. The maximum absolute atomic E-state index is 12.1. The van der Waals surface area contributed by atoms with Crippen molar-refractivity contribution < 1.29 is 4.79 Å². The third kappa shape index (κ3) is 3.79. The minimum atomic E-state index is 0.136. The quantitative estimate of drug-likeness (QED) is 0.868. The zero-order valence-electron chi connectivity index (χ0n) is 12.8. The number of hydrogen-bond donors (Lipinski definition) is 1. The number of hydrogen-bond acceptors (Lipinski definition) is 3. The number of nitrogens with zero attached hydrogens (tertiary/aromatic N) is 1. The molecule has 1 aromatic carbocycles. The number of carbonyl (C=O) groups excluding carboxylic acids is 1. The zero-order chi connectivity index (χ0) is 15.5. The van der Waals surface area contributed by atoms with Gasteiger partial charge in [-0.15, -0.1) is 11.3 Å². The largest absolute Gasteiger partial charge is 0.353 e. The molecule has 1 heterocycles. The topological polar surface area (TPSA) is 42.0 Å². The van der Waals surface area contributed by atoms with Crippen molar-refractivity contribution in [2.75, 3.05) is 0 Å². The summed E-state index contributed by atoms with van der Waals surface area (Å²) in [5.41, 5.74) is 0.962. The number of nitrogens with one attached hydrogen (secondary N) is 1. The van der Waals surface area contributed by atoms with Gasteiger partial charge < -0.3 is 5.32 Å². The number of halogens is 1. The van der Waals surface area contributed by atoms with Crippen molar-refractivity contribution >= 4 is 39.1 Å². The van der Waals surface area contributed by atoms with Crippen molar-refractivity contribution in [2.24, 2.45) is 5.92 Å². The zero-order valence-corrected chi connectivity index (χ0v) is 14.3. The van der Waals surface area contributed by atoms with E-state index in [0.29, 0.717) is 24.8 Å². The number of amides is 1. The summed E-state index contributed by atoms with van der Waals surface area (Å²) < 4.78 is 1.09. The molecule has 1 aliphatic carbocycles. The molecule has 5 heteroatoms. The molecule has 0 aliphatic heterocycles. The highest BCUT2D eigenvalue weighted by molar-refractivity contribution is 7.18. The molecule has 1 aliphatic rings. The van der Waals surface area contributed by atoms with E-state index in [-0.39, 0.29) is 5.91 Å². The van der Waals surface area contributed by atoms with Crippen LogP contribution in [0.1, 0.15) is 44.0 Å². The van der Waals surface area contributed by atoms with Crippen LogP contribution in [0.2, 0.25) is 5.02 Å². The Morgan fingerprint density at radius 2 is 2.23 bits per heavy atom. The molecule has 0 spiro atoms. The summed E-state index contributed by atoms with van der Waals surface area (Å²) in [6.45, 7) is 2.13. The monoisotopic (exact) mass is 336 g/mol. The highest BCUT2D eigenvalue weighted by Gasteiger charge is 2.22. The Hall–Kier alpha value is -1.13. The van der Waals surface area contributed by atoms with Crippen LogP contribution in [-0.4, -0.2) is 16.9 Å². The second-order valence-corrected chi connectivity index (χ2v) is 7.67. The Kier molecular flexibility index (Phi) is 4.99. The number of rotatable bonds is 5. The van der Waals surface area contributed by atoms with Crippen LogP contribution in [0.3, 0.4) is 0 Å². The van der Waals surface area contributed by atoms with Gasteiger partial charge in [0.15, 0.2) is 0 Å². The molecule has 0 radical (unpaired) electrons. The molecule has 118 valence electrons. The molecule has 22 heavy (non-hydrogen) atoms. The first-order chi connectivity index (χ1) is 10.6. The molecular formula is C17H21ClN2OS. The Morgan fingerprint density at radius 3 is 3.00 bits per heavy atom. The highest BCUT2D eigenvalue weighted by Crippen LogP contribution is 2.28. The Balaban J connectivity index is 1.53. The van der Waals surface area contributed by atoms with E-state index in [4.69, 9.17) is 11.6 Å². The van der Waals surface area contributed by atoms with Crippen LogP contribution in [0.15, 0.2) is 18.2 Å². The van der Waals surface area contributed by atoms with E-state index in [9.17, 15) is 4.79 Å². The van der Waals surface area contributed by atoms with E-state index >= 15 is 0 Å². The second kappa shape index (κ2) is 6.97. The molecular weight excluding hydrogens is 316 g/mol. The summed E-state index contributed by atoms with van der Waals surface area (Å²) in [5.74, 6) is 0.797. The first-order valence-corrected chi connectivity index (χ1v) is 9.15. The first-order valence-electron chi connectivity index (χ1n) is 7.96. The van der Waals surface area contributed by atoms with Crippen LogP contribution < -0.4 is 5.32 Å². The molecule has 2 aromatic rings. The van der Waals surface area contributed by atoms with Gasteiger partial charge in [-0.3, -0.25) is 4.79 Å². The van der Waals surface area contributed by atoms with E-state index in [1.165, 1.54) is 25.7 Å². The van der Waals surface area contributed by atoms with Crippen LogP contribution in [0.4, 0.5) is 0 Å². The fraction of sp³-hybridized carbons (Fsp3) is 0.529. The number of fused-ring (bicyclic) bond motifs is 1. The minimum absolute atomic E-state index is 0.136. The summed E-state index contributed by atoms with van der Waals surface area (Å²) in [7, 11) is 0. The average molecular weight is 337 g/mol. The average Bonchev–Trinajstić information content (AvgIpc) is 3.13. The van der Waals surface area contributed by atoms with Crippen LogP contribution in [0.5, 0.6) is 0 Å². The molecule has 3 nitrogen and oxygen atoms in total. The van der Waals surface area contributed by atoms with Crippen molar-refractivity contribution in [3.05, 3.63) is 28.2 Å². The van der Waals surface area contributed by atoms with Crippen molar-refractivity contribution in [1.82, 2.24) is 10.3 Å². The standard InChI is InChI=1S/C17H21ClN2OS/c1-11(12-4-2-3-5-12)19-16(21)8-9-17-20-14-7-6-13(18)10-15(14)22-17/h6-7,10-12H,2-5,8-9H2,1H3,(H,19,21). The maximum atomic E-state index is 12.1. The lowest BCUT2D eigenvalue weighted by molar-refractivity contribution is -0.122. The normalized spacial score (nSPS) is 17.0. The number of aromatic nitrogens is 1. The molecule has 1 saturated carbocycles. The van der Waals surface area contributed by atoms with Gasteiger partial charge in [0.2, 0.25) is 5.91 Å². The molecule has 1 fully saturated rings. The summed E-state index contributed by atoms with van der Waals surface area (Å²) in [6.07, 6.45) is 6.31. The SMILES string of the molecule is CC(NC(=O)CCc1nc2ccc(Cl)cc2s1)C1CCCC1. The van der Waals surface area contributed by atoms with Crippen molar-refractivity contribution in [2.45, 2.75) is 51.5 Å². The van der Waals surface area contributed by atoms with E-state index in [1.54, 1.807) is 11.3 Å². The summed E-state index contributed by atoms with van der Waals surface area (Å²) in [6, 6.07) is 6.01. The van der Waals surface area contributed by atoms with Gasteiger partial charge in [-0.25, -0.2) is 4.98 Å². The predicted molar refractivity (Wildman–Crippen MR) is 92.5 cm³/mol. The lowest BCUT2D eigenvalue weighted by Crippen LogP contribution is -2.37. The van der Waals surface area contributed by atoms with Gasteiger partial charge in [0.25, 0.3) is 0 Å². The van der Waals surface area contributed by atoms with E-state index in [1.807, 2.05) is 18.2 Å². The fourth-order valence-electron chi connectivity index (χ4n) is 3.17. The molecule has 1 aromatic heterocycles. The van der Waals surface area contributed by atoms with Crippen LogP contribution in [0, 0.1) is 5.92 Å². The Labute approximate surface area is 140 Å². The second-order valence-electron chi connectivity index (χ2n) is 6.12. The number of aryl methyl sites for hydroxylation is 1. The Morgan fingerprint density at radius 1 is 1.45 bits per heavy atom. The smallest absolute Gasteiger partial charge is 0.220 e.